The molecule has 1 aromatic carbocycles. The maximum absolute atomic E-state index is 12.2. The van der Waals surface area contributed by atoms with Gasteiger partial charge in [0.1, 0.15) is 5.82 Å². The summed E-state index contributed by atoms with van der Waals surface area (Å²) < 4.78 is 5.33. The van der Waals surface area contributed by atoms with Crippen LogP contribution < -0.4 is 5.32 Å². The second kappa shape index (κ2) is 7.29. The molecule has 1 aliphatic carbocycles. The lowest BCUT2D eigenvalue weighted by Crippen LogP contribution is -2.51. The normalized spacial score (nSPS) is 26.2. The Morgan fingerprint density at radius 2 is 1.96 bits per heavy atom. The number of piperidine rings is 1. The van der Waals surface area contributed by atoms with Crippen molar-refractivity contribution in [2.75, 3.05) is 31.6 Å². The van der Waals surface area contributed by atoms with Crippen LogP contribution in [0.3, 0.4) is 0 Å². The number of hydrogen-bond donors (Lipinski definition) is 1. The van der Waals surface area contributed by atoms with E-state index in [1.165, 1.54) is 5.56 Å². The van der Waals surface area contributed by atoms with Crippen LogP contribution in [0.2, 0.25) is 5.02 Å². The lowest BCUT2D eigenvalue weighted by Gasteiger charge is -2.41. The summed E-state index contributed by atoms with van der Waals surface area (Å²) in [6.45, 7) is 6.06. The van der Waals surface area contributed by atoms with Gasteiger partial charge in [0.2, 0.25) is 5.91 Å². The lowest BCUT2D eigenvalue weighted by molar-refractivity contribution is -0.117. The van der Waals surface area contributed by atoms with E-state index in [9.17, 15) is 4.79 Å². The molecule has 2 atom stereocenters. The van der Waals surface area contributed by atoms with Crippen molar-refractivity contribution < 1.29 is 9.53 Å². The van der Waals surface area contributed by atoms with Gasteiger partial charge in [-0.15, -0.1) is 0 Å². The van der Waals surface area contributed by atoms with Crippen molar-refractivity contribution in [2.24, 2.45) is 11.8 Å². The van der Waals surface area contributed by atoms with Crippen LogP contribution >= 0.6 is 11.6 Å². The molecule has 1 aromatic heterocycles. The standard InChI is InChI=1S/C22H26ClN3O2/c1-13-6-18(13)22(27)25-21-9-15-7-19(20(23)8-16(15)10-24-21)14-2-4-26(5-3-14)17-11-28-12-17/h7-10,13-14,17-18H,2-6,11-12H2,1H3,(H,24,25,27)/t13-,18+/m1/s1. The molecule has 1 amide bonds. The second-order valence-electron chi connectivity index (χ2n) is 8.60. The number of hydrogen-bond acceptors (Lipinski definition) is 4. The number of ether oxygens (including phenoxy) is 1. The number of nitrogens with one attached hydrogen (secondary N) is 1. The number of pyridine rings is 1. The number of fused-ring (bicyclic) bond motifs is 1. The summed E-state index contributed by atoms with van der Waals surface area (Å²) >= 11 is 6.63. The van der Waals surface area contributed by atoms with Gasteiger partial charge in [0.25, 0.3) is 0 Å². The molecular weight excluding hydrogens is 374 g/mol. The largest absolute Gasteiger partial charge is 0.378 e. The van der Waals surface area contributed by atoms with Gasteiger partial charge in [0.15, 0.2) is 0 Å². The van der Waals surface area contributed by atoms with Crippen molar-refractivity contribution in [1.82, 2.24) is 9.88 Å². The van der Waals surface area contributed by atoms with Crippen molar-refractivity contribution in [3.63, 3.8) is 0 Å². The number of anilines is 1. The highest BCUT2D eigenvalue weighted by Gasteiger charge is 2.39. The molecule has 3 aliphatic rings. The Kier molecular flexibility index (Phi) is 4.77. The number of carbonyl (C=O) groups excluding carboxylic acids is 1. The number of carbonyl (C=O) groups is 1. The first kappa shape index (κ1) is 18.3. The van der Waals surface area contributed by atoms with Gasteiger partial charge in [-0.05, 0) is 73.3 Å². The fourth-order valence-electron chi connectivity index (χ4n) is 4.48. The predicted octanol–water partition coefficient (Wildman–Crippen LogP) is 4.06. The highest BCUT2D eigenvalue weighted by molar-refractivity contribution is 6.32. The summed E-state index contributed by atoms with van der Waals surface area (Å²) in [5.74, 6) is 1.82. The van der Waals surface area contributed by atoms with E-state index in [2.05, 4.69) is 28.2 Å². The molecule has 1 saturated carbocycles. The topological polar surface area (TPSA) is 54.5 Å². The minimum atomic E-state index is 0.0842. The minimum Gasteiger partial charge on any atom is -0.378 e. The third kappa shape index (κ3) is 3.51. The van der Waals surface area contributed by atoms with Gasteiger partial charge in [-0.3, -0.25) is 9.69 Å². The van der Waals surface area contributed by atoms with E-state index in [1.807, 2.05) is 12.1 Å². The van der Waals surface area contributed by atoms with Crippen LogP contribution in [0.15, 0.2) is 24.4 Å². The molecule has 1 N–H and O–H groups in total. The number of amides is 1. The summed E-state index contributed by atoms with van der Waals surface area (Å²) in [6, 6.07) is 6.79. The maximum atomic E-state index is 12.2. The van der Waals surface area contributed by atoms with E-state index < -0.39 is 0 Å². The molecule has 5 rings (SSSR count). The molecule has 0 radical (unpaired) electrons. The maximum Gasteiger partial charge on any atom is 0.228 e. The van der Waals surface area contributed by atoms with Crippen LogP contribution in [0, 0.1) is 11.8 Å². The smallest absolute Gasteiger partial charge is 0.228 e. The summed E-state index contributed by atoms with van der Waals surface area (Å²) in [5.41, 5.74) is 1.22. The molecule has 0 bridgehead atoms. The zero-order valence-corrected chi connectivity index (χ0v) is 16.9. The number of rotatable bonds is 4. The zero-order valence-electron chi connectivity index (χ0n) is 16.2. The van der Waals surface area contributed by atoms with Gasteiger partial charge in [0.05, 0.1) is 19.3 Å². The Morgan fingerprint density at radius 1 is 1.21 bits per heavy atom. The van der Waals surface area contributed by atoms with E-state index in [0.29, 0.717) is 23.7 Å². The summed E-state index contributed by atoms with van der Waals surface area (Å²) in [4.78, 5) is 19.2. The van der Waals surface area contributed by atoms with Crippen LogP contribution in [0.25, 0.3) is 10.8 Å². The Hall–Kier alpha value is -1.69. The first-order chi connectivity index (χ1) is 13.6. The van der Waals surface area contributed by atoms with Crippen LogP contribution in [-0.4, -0.2) is 48.1 Å². The molecular formula is C22H26ClN3O2. The van der Waals surface area contributed by atoms with Gasteiger partial charge in [-0.2, -0.15) is 0 Å². The average molecular weight is 400 g/mol. The van der Waals surface area contributed by atoms with Crippen LogP contribution in [0.4, 0.5) is 5.82 Å². The van der Waals surface area contributed by atoms with Crippen molar-refractivity contribution in [3.8, 4) is 0 Å². The molecule has 3 heterocycles. The number of halogens is 1. The molecule has 2 saturated heterocycles. The van der Waals surface area contributed by atoms with Crippen LogP contribution in [0.5, 0.6) is 0 Å². The van der Waals surface area contributed by atoms with E-state index in [0.717, 1.165) is 61.4 Å². The van der Waals surface area contributed by atoms with Crippen molar-refractivity contribution in [3.05, 3.63) is 35.0 Å². The fourth-order valence-corrected chi connectivity index (χ4v) is 4.81. The second-order valence-corrected chi connectivity index (χ2v) is 9.01. The summed E-state index contributed by atoms with van der Waals surface area (Å²) in [7, 11) is 0. The molecule has 0 unspecified atom stereocenters. The van der Waals surface area contributed by atoms with Gasteiger partial charge in [0, 0.05) is 22.5 Å². The summed E-state index contributed by atoms with van der Waals surface area (Å²) in [6.07, 6.45) is 5.02. The van der Waals surface area contributed by atoms with E-state index in [4.69, 9.17) is 16.3 Å². The van der Waals surface area contributed by atoms with Crippen molar-refractivity contribution in [1.29, 1.82) is 0 Å². The third-order valence-corrected chi connectivity index (χ3v) is 6.97. The van der Waals surface area contributed by atoms with E-state index in [-0.39, 0.29) is 11.8 Å². The van der Waals surface area contributed by atoms with Crippen LogP contribution in [-0.2, 0) is 9.53 Å². The quantitative estimate of drug-likeness (QED) is 0.842. The molecule has 28 heavy (non-hydrogen) atoms. The molecule has 0 spiro atoms. The Bertz CT molecular complexity index is 906. The van der Waals surface area contributed by atoms with Gasteiger partial charge in [-0.25, -0.2) is 4.98 Å². The van der Waals surface area contributed by atoms with Gasteiger partial charge in [-0.1, -0.05) is 18.5 Å². The minimum absolute atomic E-state index is 0.0842. The first-order valence-corrected chi connectivity index (χ1v) is 10.7. The zero-order chi connectivity index (χ0) is 19.3. The Labute approximate surface area is 170 Å². The monoisotopic (exact) mass is 399 g/mol. The average Bonchev–Trinajstić information content (AvgIpc) is 3.38. The highest BCUT2D eigenvalue weighted by Crippen LogP contribution is 2.39. The molecule has 5 nitrogen and oxygen atoms in total. The molecule has 2 aromatic rings. The molecule has 2 aliphatic heterocycles. The first-order valence-electron chi connectivity index (χ1n) is 10.3. The molecule has 3 fully saturated rings. The van der Waals surface area contributed by atoms with E-state index >= 15 is 0 Å². The summed E-state index contributed by atoms with van der Waals surface area (Å²) in [5, 5.41) is 5.89. The van der Waals surface area contributed by atoms with Crippen molar-refractivity contribution in [2.45, 2.75) is 38.1 Å². The number of aromatic nitrogens is 1. The van der Waals surface area contributed by atoms with Gasteiger partial charge >= 0.3 is 0 Å². The molecule has 148 valence electrons. The Morgan fingerprint density at radius 3 is 2.61 bits per heavy atom. The van der Waals surface area contributed by atoms with Crippen molar-refractivity contribution >= 4 is 34.1 Å². The highest BCUT2D eigenvalue weighted by atomic mass is 35.5. The number of likely N-dealkylation sites (tertiary alicyclic amines) is 1. The van der Waals surface area contributed by atoms with Gasteiger partial charge < -0.3 is 10.1 Å². The predicted molar refractivity (Wildman–Crippen MR) is 111 cm³/mol. The number of nitrogens with zero attached hydrogens (tertiary/aromatic N) is 2. The fraction of sp³-hybridized carbons (Fsp3) is 0.545. The van der Waals surface area contributed by atoms with E-state index in [1.54, 1.807) is 6.20 Å². The Balaban J connectivity index is 1.34. The lowest BCUT2D eigenvalue weighted by atomic mass is 9.87. The third-order valence-electron chi connectivity index (χ3n) is 6.64. The molecule has 6 heteroatoms. The number of benzene rings is 1. The van der Waals surface area contributed by atoms with Crippen LogP contribution in [0.1, 0.15) is 37.7 Å². The SMILES string of the molecule is C[C@@H]1C[C@@H]1C(=O)Nc1cc2cc(C3CCN(C4COC4)CC3)c(Cl)cc2cn1.